The van der Waals surface area contributed by atoms with Crippen LogP contribution in [0.5, 0.6) is 0 Å². The number of thioether (sulfide) groups is 1. The number of nitrogens with zero attached hydrogens (tertiary/aromatic N) is 3. The summed E-state index contributed by atoms with van der Waals surface area (Å²) < 4.78 is 1.96. The second-order valence-electron chi connectivity index (χ2n) is 6.49. The topological polar surface area (TPSA) is 59.8 Å². The third-order valence-corrected chi connectivity index (χ3v) is 6.43. The van der Waals surface area contributed by atoms with Gasteiger partial charge >= 0.3 is 0 Å². The quantitative estimate of drug-likeness (QED) is 0.428. The molecular weight excluding hydrogens is 400 g/mol. The number of hydrogen-bond donors (Lipinski definition) is 1. The molecule has 0 bridgehead atoms. The molecular formula is C22H20N4OS2. The van der Waals surface area contributed by atoms with Crippen LogP contribution in [0, 0.1) is 0 Å². The molecule has 2 aromatic carbocycles. The molecule has 0 aliphatic heterocycles. The van der Waals surface area contributed by atoms with Gasteiger partial charge in [0.15, 0.2) is 11.0 Å². The molecule has 1 unspecified atom stereocenters. The fourth-order valence-electron chi connectivity index (χ4n) is 2.86. The van der Waals surface area contributed by atoms with Crippen molar-refractivity contribution in [3.8, 4) is 22.0 Å². The summed E-state index contributed by atoms with van der Waals surface area (Å²) in [4.78, 5) is 23.9. The van der Waals surface area contributed by atoms with E-state index in [4.69, 9.17) is 4.98 Å². The van der Waals surface area contributed by atoms with E-state index in [1.54, 1.807) is 6.20 Å². The molecule has 1 amide bonds. The van der Waals surface area contributed by atoms with E-state index in [0.717, 1.165) is 26.9 Å². The number of aromatic nitrogens is 3. The molecule has 1 atom stereocenters. The highest BCUT2D eigenvalue weighted by molar-refractivity contribution is 8.00. The minimum Gasteiger partial charge on any atom is -0.333 e. The Morgan fingerprint density at radius 3 is 2.45 bits per heavy atom. The highest BCUT2D eigenvalue weighted by atomic mass is 32.2. The van der Waals surface area contributed by atoms with Crippen molar-refractivity contribution < 1.29 is 4.79 Å². The zero-order valence-electron chi connectivity index (χ0n) is 16.1. The molecule has 29 heavy (non-hydrogen) atoms. The lowest BCUT2D eigenvalue weighted by molar-refractivity contribution is -0.115. The second-order valence-corrected chi connectivity index (χ2v) is 8.90. The van der Waals surface area contributed by atoms with Crippen LogP contribution in [0.2, 0.25) is 0 Å². The van der Waals surface area contributed by atoms with Crippen molar-refractivity contribution in [1.29, 1.82) is 0 Å². The van der Waals surface area contributed by atoms with Gasteiger partial charge in [-0.2, -0.15) is 0 Å². The Morgan fingerprint density at radius 1 is 1.10 bits per heavy atom. The van der Waals surface area contributed by atoms with Gasteiger partial charge in [-0.25, -0.2) is 9.97 Å². The Kier molecular flexibility index (Phi) is 5.78. The highest BCUT2D eigenvalue weighted by Gasteiger charge is 2.21. The lowest BCUT2D eigenvalue weighted by Gasteiger charge is -2.10. The molecule has 4 aromatic rings. The number of imidazole rings is 1. The van der Waals surface area contributed by atoms with Crippen LogP contribution < -0.4 is 5.32 Å². The van der Waals surface area contributed by atoms with Crippen LogP contribution in [0.3, 0.4) is 0 Å². The summed E-state index contributed by atoms with van der Waals surface area (Å²) in [6.45, 7) is 1.90. The number of hydrogen-bond acceptors (Lipinski definition) is 5. The summed E-state index contributed by atoms with van der Waals surface area (Å²) in [6, 6.07) is 19.9. The smallest absolute Gasteiger partial charge is 0.239 e. The third-order valence-electron chi connectivity index (χ3n) is 4.35. The van der Waals surface area contributed by atoms with Crippen molar-refractivity contribution >= 4 is 34.1 Å². The molecule has 0 saturated heterocycles. The predicted octanol–water partition coefficient (Wildman–Crippen LogP) is 5.33. The first kappa shape index (κ1) is 19.4. The molecule has 0 radical (unpaired) electrons. The fourth-order valence-corrected chi connectivity index (χ4v) is 4.78. The Bertz CT molecular complexity index is 1110. The van der Waals surface area contributed by atoms with Crippen LogP contribution in [0.15, 0.2) is 78.0 Å². The Morgan fingerprint density at radius 2 is 1.79 bits per heavy atom. The minimum atomic E-state index is -0.238. The lowest BCUT2D eigenvalue weighted by Crippen LogP contribution is -2.22. The van der Waals surface area contributed by atoms with Gasteiger partial charge in [0.2, 0.25) is 5.91 Å². The number of thiazole rings is 1. The summed E-state index contributed by atoms with van der Waals surface area (Å²) in [5, 5.41) is 3.32. The molecule has 2 aromatic heterocycles. The van der Waals surface area contributed by atoms with E-state index in [1.165, 1.54) is 23.1 Å². The molecule has 1 N–H and O–H groups in total. The second kappa shape index (κ2) is 8.63. The van der Waals surface area contributed by atoms with E-state index in [-0.39, 0.29) is 11.2 Å². The molecule has 0 spiro atoms. The Labute approximate surface area is 177 Å². The molecule has 146 valence electrons. The number of aryl methyl sites for hydroxylation is 1. The number of anilines is 1. The summed E-state index contributed by atoms with van der Waals surface area (Å²) in [5.41, 5.74) is 1.82. The summed E-state index contributed by atoms with van der Waals surface area (Å²) in [7, 11) is 1.95. The van der Waals surface area contributed by atoms with Crippen molar-refractivity contribution in [1.82, 2.24) is 14.5 Å². The van der Waals surface area contributed by atoms with Gasteiger partial charge < -0.3 is 9.88 Å². The minimum absolute atomic E-state index is 0.0707. The third kappa shape index (κ3) is 4.41. The fraction of sp³-hybridized carbons (Fsp3) is 0.136. The number of rotatable bonds is 6. The zero-order valence-corrected chi connectivity index (χ0v) is 17.7. The highest BCUT2D eigenvalue weighted by Crippen LogP contribution is 2.38. The van der Waals surface area contributed by atoms with E-state index in [0.29, 0.717) is 5.13 Å². The van der Waals surface area contributed by atoms with Crippen LogP contribution >= 0.6 is 23.1 Å². The van der Waals surface area contributed by atoms with Gasteiger partial charge in [0, 0.05) is 29.9 Å². The van der Waals surface area contributed by atoms with Gasteiger partial charge in [0.25, 0.3) is 0 Å². The maximum atomic E-state index is 12.7. The molecule has 0 aliphatic rings. The number of nitrogens with one attached hydrogen (secondary N) is 1. The molecule has 0 fully saturated rings. The van der Waals surface area contributed by atoms with Crippen molar-refractivity contribution in [2.45, 2.75) is 17.1 Å². The van der Waals surface area contributed by atoms with Crippen molar-refractivity contribution in [2.75, 3.05) is 5.32 Å². The standard InChI is InChI=1S/C22H20N4OS2/c1-15(28-17-11-7-4-8-12-17)21(27)25-22-24-18(16-9-5-3-6-10-16)19(29-22)20-23-13-14-26(20)2/h3-15H,1-2H3,(H,24,25,27). The van der Waals surface area contributed by atoms with Crippen LogP contribution in [0.1, 0.15) is 6.92 Å². The number of amides is 1. The maximum absolute atomic E-state index is 12.7. The van der Waals surface area contributed by atoms with Gasteiger partial charge in [-0.05, 0) is 19.1 Å². The number of carbonyl (C=O) groups is 1. The molecule has 7 heteroatoms. The van der Waals surface area contributed by atoms with Gasteiger partial charge in [-0.1, -0.05) is 59.9 Å². The van der Waals surface area contributed by atoms with Gasteiger partial charge in [0.1, 0.15) is 0 Å². The zero-order chi connectivity index (χ0) is 20.2. The lowest BCUT2D eigenvalue weighted by atomic mass is 10.1. The molecule has 2 heterocycles. The summed E-state index contributed by atoms with van der Waals surface area (Å²) in [5.74, 6) is 0.757. The predicted molar refractivity (Wildman–Crippen MR) is 120 cm³/mol. The van der Waals surface area contributed by atoms with Crippen molar-refractivity contribution in [2.24, 2.45) is 7.05 Å². The van der Waals surface area contributed by atoms with Gasteiger partial charge in [-0.3, -0.25) is 4.79 Å². The summed E-state index contributed by atoms with van der Waals surface area (Å²) in [6.07, 6.45) is 3.67. The molecule has 0 saturated carbocycles. The molecule has 4 rings (SSSR count). The average molecular weight is 421 g/mol. The monoisotopic (exact) mass is 420 g/mol. The van der Waals surface area contributed by atoms with Crippen LogP contribution in [0.4, 0.5) is 5.13 Å². The van der Waals surface area contributed by atoms with Crippen molar-refractivity contribution in [3.63, 3.8) is 0 Å². The molecule has 5 nitrogen and oxygen atoms in total. The van der Waals surface area contributed by atoms with E-state index >= 15 is 0 Å². The van der Waals surface area contributed by atoms with E-state index < -0.39 is 0 Å². The summed E-state index contributed by atoms with van der Waals surface area (Å²) >= 11 is 2.97. The largest absolute Gasteiger partial charge is 0.333 e. The van der Waals surface area contributed by atoms with Crippen LogP contribution in [-0.2, 0) is 11.8 Å². The van der Waals surface area contributed by atoms with Gasteiger partial charge in [0.05, 0.1) is 15.8 Å². The first-order valence-electron chi connectivity index (χ1n) is 9.18. The Balaban J connectivity index is 1.60. The normalized spacial score (nSPS) is 11.9. The Hall–Kier alpha value is -2.90. The van der Waals surface area contributed by atoms with Crippen LogP contribution in [0.25, 0.3) is 22.0 Å². The van der Waals surface area contributed by atoms with E-state index in [9.17, 15) is 4.79 Å². The van der Waals surface area contributed by atoms with Crippen LogP contribution in [-0.4, -0.2) is 25.7 Å². The maximum Gasteiger partial charge on any atom is 0.239 e. The average Bonchev–Trinajstić information content (AvgIpc) is 3.35. The SMILES string of the molecule is CC(Sc1ccccc1)C(=O)Nc1nc(-c2ccccc2)c(-c2nccn2C)s1. The first-order valence-corrected chi connectivity index (χ1v) is 10.9. The number of carbonyl (C=O) groups excluding carboxylic acids is 1. The van der Waals surface area contributed by atoms with E-state index in [1.807, 2.05) is 85.4 Å². The van der Waals surface area contributed by atoms with E-state index in [2.05, 4.69) is 10.3 Å². The van der Waals surface area contributed by atoms with Gasteiger partial charge in [-0.15, -0.1) is 11.8 Å². The number of benzene rings is 2. The first-order chi connectivity index (χ1) is 14.1. The van der Waals surface area contributed by atoms with Crippen molar-refractivity contribution in [3.05, 3.63) is 73.1 Å². The molecule has 0 aliphatic carbocycles.